The number of amides is 1. The van der Waals surface area contributed by atoms with E-state index in [4.69, 9.17) is 4.99 Å². The highest BCUT2D eigenvalue weighted by atomic mass is 127. The third-order valence-electron chi connectivity index (χ3n) is 5.33. The molecule has 0 aliphatic carbocycles. The van der Waals surface area contributed by atoms with E-state index in [9.17, 15) is 4.79 Å². The molecule has 3 aliphatic rings. The van der Waals surface area contributed by atoms with Crippen molar-refractivity contribution in [2.75, 3.05) is 44.2 Å². The van der Waals surface area contributed by atoms with Crippen LogP contribution in [0.5, 0.6) is 0 Å². The monoisotopic (exact) mass is 466 g/mol. The highest BCUT2D eigenvalue weighted by Gasteiger charge is 2.42. The SMILES string of the molecule is CCNC(=NCC1CCSCC1)N1CCCC2(CNC(=O)C2)C1.I. The van der Waals surface area contributed by atoms with E-state index in [1.165, 1.54) is 24.3 Å². The van der Waals surface area contributed by atoms with Crippen molar-refractivity contribution in [2.45, 2.75) is 39.0 Å². The van der Waals surface area contributed by atoms with Gasteiger partial charge in [-0.15, -0.1) is 24.0 Å². The van der Waals surface area contributed by atoms with Crippen LogP contribution in [0.2, 0.25) is 0 Å². The van der Waals surface area contributed by atoms with Crippen molar-refractivity contribution in [1.29, 1.82) is 0 Å². The number of nitrogens with one attached hydrogen (secondary N) is 2. The van der Waals surface area contributed by atoms with Gasteiger partial charge in [-0.1, -0.05) is 0 Å². The number of thioether (sulfide) groups is 1. The normalized spacial score (nSPS) is 28.6. The third kappa shape index (κ3) is 5.16. The second kappa shape index (κ2) is 9.50. The lowest BCUT2D eigenvalue weighted by atomic mass is 9.79. The molecule has 138 valence electrons. The molecular formula is C17H31IN4OS. The average Bonchev–Trinajstić information content (AvgIpc) is 2.92. The number of aliphatic imine (C=N–C) groups is 1. The minimum atomic E-state index is 0. The quantitative estimate of drug-likeness (QED) is 0.381. The van der Waals surface area contributed by atoms with E-state index in [0.717, 1.165) is 57.4 Å². The van der Waals surface area contributed by atoms with Crippen LogP contribution >= 0.6 is 35.7 Å². The summed E-state index contributed by atoms with van der Waals surface area (Å²) in [5.74, 6) is 4.60. The maximum absolute atomic E-state index is 11.7. The van der Waals surface area contributed by atoms with Crippen LogP contribution in [-0.4, -0.2) is 61.0 Å². The Kier molecular flexibility index (Phi) is 7.97. The Balaban J connectivity index is 0.00000208. The van der Waals surface area contributed by atoms with Crippen molar-refractivity contribution in [2.24, 2.45) is 16.3 Å². The number of likely N-dealkylation sites (tertiary alicyclic amines) is 1. The number of rotatable bonds is 3. The molecular weight excluding hydrogens is 435 g/mol. The number of carbonyl (C=O) groups is 1. The van der Waals surface area contributed by atoms with Crippen molar-refractivity contribution in [3.63, 3.8) is 0 Å². The number of hydrogen-bond acceptors (Lipinski definition) is 3. The molecule has 0 radical (unpaired) electrons. The molecule has 0 aromatic carbocycles. The van der Waals surface area contributed by atoms with Crippen molar-refractivity contribution in [3.05, 3.63) is 0 Å². The van der Waals surface area contributed by atoms with Crippen molar-refractivity contribution in [3.8, 4) is 0 Å². The number of piperidine rings is 1. The predicted molar refractivity (Wildman–Crippen MR) is 112 cm³/mol. The van der Waals surface area contributed by atoms with Crippen LogP contribution < -0.4 is 10.6 Å². The van der Waals surface area contributed by atoms with Crippen LogP contribution in [0, 0.1) is 11.3 Å². The van der Waals surface area contributed by atoms with E-state index >= 15 is 0 Å². The summed E-state index contributed by atoms with van der Waals surface area (Å²) in [6.07, 6.45) is 5.59. The van der Waals surface area contributed by atoms with Crippen molar-refractivity contribution in [1.82, 2.24) is 15.5 Å². The van der Waals surface area contributed by atoms with E-state index in [1.807, 2.05) is 0 Å². The molecule has 2 N–H and O–H groups in total. The zero-order valence-electron chi connectivity index (χ0n) is 14.7. The number of hydrogen-bond donors (Lipinski definition) is 2. The Labute approximate surface area is 167 Å². The summed E-state index contributed by atoms with van der Waals surface area (Å²) in [6, 6.07) is 0. The minimum Gasteiger partial charge on any atom is -0.357 e. The molecule has 3 aliphatic heterocycles. The standard InChI is InChI=1S/C17H30N4OS.HI/c1-2-18-16(19-11-14-4-8-23-9-5-14)21-7-3-6-17(13-21)10-15(22)20-12-17;/h14H,2-13H2,1H3,(H,18,19)(H,20,22);1H. The molecule has 1 amide bonds. The van der Waals surface area contributed by atoms with Gasteiger partial charge in [0.2, 0.25) is 5.91 Å². The first-order valence-electron chi connectivity index (χ1n) is 9.08. The van der Waals surface area contributed by atoms with Crippen LogP contribution in [0.1, 0.15) is 39.0 Å². The van der Waals surface area contributed by atoms with Crippen LogP contribution in [0.25, 0.3) is 0 Å². The molecule has 1 spiro atoms. The van der Waals surface area contributed by atoms with E-state index in [2.05, 4.69) is 34.2 Å². The summed E-state index contributed by atoms with van der Waals surface area (Å²) in [5, 5.41) is 6.50. The van der Waals surface area contributed by atoms with Gasteiger partial charge in [0.1, 0.15) is 0 Å². The Morgan fingerprint density at radius 2 is 2.25 bits per heavy atom. The molecule has 3 rings (SSSR count). The molecule has 7 heteroatoms. The first-order valence-corrected chi connectivity index (χ1v) is 10.2. The van der Waals surface area contributed by atoms with Crippen LogP contribution in [0.15, 0.2) is 4.99 Å². The first-order chi connectivity index (χ1) is 11.2. The lowest BCUT2D eigenvalue weighted by molar-refractivity contribution is -0.119. The number of nitrogens with zero attached hydrogens (tertiary/aromatic N) is 2. The Bertz CT molecular complexity index is 456. The Morgan fingerprint density at radius 3 is 2.92 bits per heavy atom. The molecule has 24 heavy (non-hydrogen) atoms. The third-order valence-corrected chi connectivity index (χ3v) is 6.38. The molecule has 3 saturated heterocycles. The fourth-order valence-corrected chi connectivity index (χ4v) is 5.20. The number of guanidine groups is 1. The first kappa shape index (κ1) is 20.1. The molecule has 1 atom stereocenters. The van der Waals surface area contributed by atoms with Gasteiger partial charge >= 0.3 is 0 Å². The van der Waals surface area contributed by atoms with Crippen LogP contribution in [-0.2, 0) is 4.79 Å². The highest BCUT2D eigenvalue weighted by molar-refractivity contribution is 14.0. The van der Waals surface area contributed by atoms with E-state index in [-0.39, 0.29) is 35.3 Å². The molecule has 3 fully saturated rings. The molecule has 5 nitrogen and oxygen atoms in total. The Hall–Kier alpha value is -0.180. The molecule has 0 aromatic rings. The van der Waals surface area contributed by atoms with E-state index in [0.29, 0.717) is 6.42 Å². The largest absolute Gasteiger partial charge is 0.357 e. The number of halogens is 1. The fourth-order valence-electron chi connectivity index (χ4n) is 4.00. The van der Waals surface area contributed by atoms with Gasteiger partial charge in [-0.2, -0.15) is 11.8 Å². The van der Waals surface area contributed by atoms with Crippen molar-refractivity contribution < 1.29 is 4.79 Å². The van der Waals surface area contributed by atoms with Crippen LogP contribution in [0.3, 0.4) is 0 Å². The van der Waals surface area contributed by atoms with Gasteiger partial charge < -0.3 is 15.5 Å². The summed E-state index contributed by atoms with van der Waals surface area (Å²) >= 11 is 2.07. The number of carbonyl (C=O) groups excluding carboxylic acids is 1. The summed E-state index contributed by atoms with van der Waals surface area (Å²) in [4.78, 5) is 19.0. The van der Waals surface area contributed by atoms with Gasteiger partial charge in [0.05, 0.1) is 0 Å². The molecule has 0 aromatic heterocycles. The van der Waals surface area contributed by atoms with Gasteiger partial charge in [0, 0.05) is 44.6 Å². The maximum Gasteiger partial charge on any atom is 0.220 e. The summed E-state index contributed by atoms with van der Waals surface area (Å²) in [6.45, 7) is 6.83. The summed E-state index contributed by atoms with van der Waals surface area (Å²) in [7, 11) is 0. The molecule has 3 heterocycles. The van der Waals surface area contributed by atoms with Crippen molar-refractivity contribution >= 4 is 47.6 Å². The minimum absolute atomic E-state index is 0. The van der Waals surface area contributed by atoms with E-state index < -0.39 is 0 Å². The smallest absolute Gasteiger partial charge is 0.220 e. The maximum atomic E-state index is 11.7. The molecule has 0 saturated carbocycles. The Morgan fingerprint density at radius 1 is 1.46 bits per heavy atom. The summed E-state index contributed by atoms with van der Waals surface area (Å²) < 4.78 is 0. The second-order valence-electron chi connectivity index (χ2n) is 7.23. The lowest BCUT2D eigenvalue weighted by Gasteiger charge is -2.41. The van der Waals surface area contributed by atoms with Gasteiger partial charge in [-0.3, -0.25) is 9.79 Å². The zero-order chi connectivity index (χ0) is 16.1. The van der Waals surface area contributed by atoms with Crippen LogP contribution in [0.4, 0.5) is 0 Å². The average molecular weight is 466 g/mol. The summed E-state index contributed by atoms with van der Waals surface area (Å²) in [5.41, 5.74) is 0.132. The van der Waals surface area contributed by atoms with Gasteiger partial charge in [0.15, 0.2) is 5.96 Å². The molecule has 1 unspecified atom stereocenters. The highest BCUT2D eigenvalue weighted by Crippen LogP contribution is 2.36. The second-order valence-corrected chi connectivity index (χ2v) is 8.45. The zero-order valence-corrected chi connectivity index (χ0v) is 17.8. The van der Waals surface area contributed by atoms with Gasteiger partial charge in [0.25, 0.3) is 0 Å². The van der Waals surface area contributed by atoms with E-state index in [1.54, 1.807) is 0 Å². The molecule has 0 bridgehead atoms. The topological polar surface area (TPSA) is 56.7 Å². The van der Waals surface area contributed by atoms with Gasteiger partial charge in [-0.25, -0.2) is 0 Å². The predicted octanol–water partition coefficient (Wildman–Crippen LogP) is 2.32. The van der Waals surface area contributed by atoms with Gasteiger partial charge in [-0.05, 0) is 50.0 Å². The fraction of sp³-hybridized carbons (Fsp3) is 0.882. The lowest BCUT2D eigenvalue weighted by Crippen LogP contribution is -2.51.